The SMILES string of the molecule is NC(=O)CN(c1ccccc1CNC1CC1)C1CCCC1. The van der Waals surface area contributed by atoms with Crippen molar-refractivity contribution in [3.05, 3.63) is 29.8 Å². The fourth-order valence-electron chi connectivity index (χ4n) is 3.28. The summed E-state index contributed by atoms with van der Waals surface area (Å²) in [5, 5.41) is 3.57. The first-order valence-corrected chi connectivity index (χ1v) is 8.10. The summed E-state index contributed by atoms with van der Waals surface area (Å²) in [5.74, 6) is -0.244. The van der Waals surface area contributed by atoms with E-state index in [-0.39, 0.29) is 5.91 Å². The van der Waals surface area contributed by atoms with Gasteiger partial charge in [0.2, 0.25) is 5.91 Å². The number of nitrogens with two attached hydrogens (primary N) is 1. The number of amides is 1. The lowest BCUT2D eigenvalue weighted by atomic mass is 10.1. The van der Waals surface area contributed by atoms with E-state index in [0.29, 0.717) is 18.6 Å². The highest BCUT2D eigenvalue weighted by Gasteiger charge is 2.26. The summed E-state index contributed by atoms with van der Waals surface area (Å²) in [7, 11) is 0. The zero-order valence-corrected chi connectivity index (χ0v) is 12.6. The zero-order chi connectivity index (χ0) is 14.7. The summed E-state index contributed by atoms with van der Waals surface area (Å²) in [6.45, 7) is 1.20. The largest absolute Gasteiger partial charge is 0.368 e. The third kappa shape index (κ3) is 3.76. The fourth-order valence-corrected chi connectivity index (χ4v) is 3.28. The molecule has 4 heteroatoms. The van der Waals surface area contributed by atoms with Crippen LogP contribution in [0, 0.1) is 0 Å². The molecule has 0 radical (unpaired) electrons. The molecule has 4 nitrogen and oxygen atoms in total. The van der Waals surface area contributed by atoms with Crippen molar-refractivity contribution in [3.8, 4) is 0 Å². The molecule has 1 aromatic rings. The molecular weight excluding hydrogens is 262 g/mol. The minimum absolute atomic E-state index is 0.244. The third-order valence-corrected chi connectivity index (χ3v) is 4.55. The number of hydrogen-bond acceptors (Lipinski definition) is 3. The van der Waals surface area contributed by atoms with Crippen LogP contribution in [-0.2, 0) is 11.3 Å². The standard InChI is InChI=1S/C17H25N3O/c18-17(21)12-20(15-6-2-3-7-15)16-8-4-1-5-13(16)11-19-14-9-10-14/h1,4-5,8,14-15,19H,2-3,6-7,9-12H2,(H2,18,21). The van der Waals surface area contributed by atoms with Crippen LogP contribution in [0.1, 0.15) is 44.1 Å². The smallest absolute Gasteiger partial charge is 0.236 e. The van der Waals surface area contributed by atoms with Crippen LogP contribution in [0.2, 0.25) is 0 Å². The van der Waals surface area contributed by atoms with E-state index in [4.69, 9.17) is 5.73 Å². The molecule has 0 bridgehead atoms. The molecular formula is C17H25N3O. The Kier molecular flexibility index (Phi) is 4.44. The van der Waals surface area contributed by atoms with Gasteiger partial charge in [-0.1, -0.05) is 31.0 Å². The Labute approximate surface area is 126 Å². The number of rotatable bonds is 7. The van der Waals surface area contributed by atoms with Gasteiger partial charge in [-0.05, 0) is 37.3 Å². The summed E-state index contributed by atoms with van der Waals surface area (Å²) in [6, 6.07) is 9.57. The lowest BCUT2D eigenvalue weighted by molar-refractivity contribution is -0.116. The van der Waals surface area contributed by atoms with Gasteiger partial charge < -0.3 is 16.0 Å². The number of hydrogen-bond donors (Lipinski definition) is 2. The molecule has 0 saturated heterocycles. The van der Waals surface area contributed by atoms with Crippen LogP contribution in [-0.4, -0.2) is 24.5 Å². The number of nitrogens with zero attached hydrogens (tertiary/aromatic N) is 1. The number of nitrogens with one attached hydrogen (secondary N) is 1. The first-order chi connectivity index (χ1) is 10.2. The molecule has 0 unspecified atom stereocenters. The average molecular weight is 287 g/mol. The second-order valence-corrected chi connectivity index (χ2v) is 6.32. The Morgan fingerprint density at radius 3 is 2.57 bits per heavy atom. The molecule has 0 spiro atoms. The van der Waals surface area contributed by atoms with Crippen LogP contribution in [0.4, 0.5) is 5.69 Å². The van der Waals surface area contributed by atoms with E-state index < -0.39 is 0 Å². The lowest BCUT2D eigenvalue weighted by Crippen LogP contribution is -2.41. The van der Waals surface area contributed by atoms with Crippen LogP contribution < -0.4 is 16.0 Å². The molecule has 2 aliphatic rings. The molecule has 0 aliphatic heterocycles. The summed E-state index contributed by atoms with van der Waals surface area (Å²) >= 11 is 0. The molecule has 0 heterocycles. The van der Waals surface area contributed by atoms with Crippen molar-refractivity contribution in [3.63, 3.8) is 0 Å². The van der Waals surface area contributed by atoms with Crippen molar-refractivity contribution in [1.29, 1.82) is 0 Å². The van der Waals surface area contributed by atoms with Crippen LogP contribution in [0.3, 0.4) is 0 Å². The maximum atomic E-state index is 11.5. The summed E-state index contributed by atoms with van der Waals surface area (Å²) < 4.78 is 0. The highest BCUT2D eigenvalue weighted by Crippen LogP contribution is 2.30. The van der Waals surface area contributed by atoms with Gasteiger partial charge in [0.05, 0.1) is 6.54 Å². The van der Waals surface area contributed by atoms with Gasteiger partial charge in [0.15, 0.2) is 0 Å². The van der Waals surface area contributed by atoms with E-state index in [2.05, 4.69) is 34.5 Å². The highest BCUT2D eigenvalue weighted by molar-refractivity contribution is 5.80. The topological polar surface area (TPSA) is 58.4 Å². The summed E-state index contributed by atoms with van der Waals surface area (Å²) in [5.41, 5.74) is 7.94. The number of para-hydroxylation sites is 1. The van der Waals surface area contributed by atoms with Crippen LogP contribution in [0.5, 0.6) is 0 Å². The first kappa shape index (κ1) is 14.4. The average Bonchev–Trinajstić information content (AvgIpc) is 3.15. The van der Waals surface area contributed by atoms with E-state index in [0.717, 1.165) is 19.4 Å². The molecule has 2 fully saturated rings. The van der Waals surface area contributed by atoms with Gasteiger partial charge >= 0.3 is 0 Å². The summed E-state index contributed by atoms with van der Waals surface area (Å²) in [4.78, 5) is 13.7. The van der Waals surface area contributed by atoms with Gasteiger partial charge in [-0.2, -0.15) is 0 Å². The second-order valence-electron chi connectivity index (χ2n) is 6.32. The molecule has 1 aromatic carbocycles. The zero-order valence-electron chi connectivity index (χ0n) is 12.6. The Balaban J connectivity index is 1.80. The van der Waals surface area contributed by atoms with Crippen molar-refractivity contribution in [2.24, 2.45) is 5.73 Å². The third-order valence-electron chi connectivity index (χ3n) is 4.55. The molecule has 0 aromatic heterocycles. The fraction of sp³-hybridized carbons (Fsp3) is 0.588. The van der Waals surface area contributed by atoms with Gasteiger partial charge in [0.25, 0.3) is 0 Å². The predicted octanol–water partition coefficient (Wildman–Crippen LogP) is 2.17. The molecule has 3 N–H and O–H groups in total. The predicted molar refractivity (Wildman–Crippen MR) is 85.1 cm³/mol. The Hall–Kier alpha value is -1.55. The minimum Gasteiger partial charge on any atom is -0.368 e. The van der Waals surface area contributed by atoms with Gasteiger partial charge in [-0.15, -0.1) is 0 Å². The Morgan fingerprint density at radius 1 is 1.19 bits per heavy atom. The maximum absolute atomic E-state index is 11.5. The minimum atomic E-state index is -0.244. The normalized spacial score (nSPS) is 18.9. The van der Waals surface area contributed by atoms with Crippen LogP contribution in [0.25, 0.3) is 0 Å². The molecule has 1 amide bonds. The number of primary amides is 1. The molecule has 2 saturated carbocycles. The first-order valence-electron chi connectivity index (χ1n) is 8.10. The van der Waals surface area contributed by atoms with Crippen molar-refractivity contribution in [1.82, 2.24) is 5.32 Å². The van der Waals surface area contributed by atoms with E-state index in [9.17, 15) is 4.79 Å². The Morgan fingerprint density at radius 2 is 1.90 bits per heavy atom. The molecule has 3 rings (SSSR count). The number of carbonyl (C=O) groups is 1. The lowest BCUT2D eigenvalue weighted by Gasteiger charge is -2.32. The van der Waals surface area contributed by atoms with Gasteiger partial charge in [-0.25, -0.2) is 0 Å². The van der Waals surface area contributed by atoms with Gasteiger partial charge in [0.1, 0.15) is 0 Å². The number of benzene rings is 1. The molecule has 2 aliphatic carbocycles. The monoisotopic (exact) mass is 287 g/mol. The van der Waals surface area contributed by atoms with E-state index >= 15 is 0 Å². The van der Waals surface area contributed by atoms with E-state index in [1.54, 1.807) is 0 Å². The van der Waals surface area contributed by atoms with Crippen molar-refractivity contribution >= 4 is 11.6 Å². The van der Waals surface area contributed by atoms with Crippen LogP contribution in [0.15, 0.2) is 24.3 Å². The molecule has 114 valence electrons. The highest BCUT2D eigenvalue weighted by atomic mass is 16.1. The number of anilines is 1. The molecule has 0 atom stereocenters. The quantitative estimate of drug-likeness (QED) is 0.808. The van der Waals surface area contributed by atoms with Crippen molar-refractivity contribution < 1.29 is 4.79 Å². The van der Waals surface area contributed by atoms with Crippen molar-refractivity contribution in [2.75, 3.05) is 11.4 Å². The summed E-state index contributed by atoms with van der Waals surface area (Å²) in [6.07, 6.45) is 7.41. The molecule has 21 heavy (non-hydrogen) atoms. The maximum Gasteiger partial charge on any atom is 0.236 e. The van der Waals surface area contributed by atoms with E-state index in [1.165, 1.54) is 36.9 Å². The van der Waals surface area contributed by atoms with Crippen molar-refractivity contribution in [2.45, 2.75) is 57.2 Å². The second kappa shape index (κ2) is 6.48. The van der Waals surface area contributed by atoms with Gasteiger partial charge in [0, 0.05) is 24.3 Å². The van der Waals surface area contributed by atoms with E-state index in [1.807, 2.05) is 0 Å². The number of carbonyl (C=O) groups excluding carboxylic acids is 1. The van der Waals surface area contributed by atoms with Gasteiger partial charge in [-0.3, -0.25) is 4.79 Å². The van der Waals surface area contributed by atoms with Crippen LogP contribution >= 0.6 is 0 Å². The Bertz CT molecular complexity index is 493.